The topological polar surface area (TPSA) is 157 Å². The van der Waals surface area contributed by atoms with E-state index >= 15 is 0 Å². The molecule has 1 fully saturated rings. The molecule has 3 atom stereocenters. The van der Waals surface area contributed by atoms with Gasteiger partial charge in [0.15, 0.2) is 11.2 Å². The number of aliphatic hydroxyl groups is 1. The quantitative estimate of drug-likeness (QED) is 0.313. The first-order chi connectivity index (χ1) is 9.60. The SMILES string of the molecule is NNC[C@H]1O[C@@H](n2cnc3c(=O)[nH]c(N)nc32)C[C@@H]1O. The van der Waals surface area contributed by atoms with Crippen molar-refractivity contribution in [2.45, 2.75) is 24.9 Å². The van der Waals surface area contributed by atoms with Crippen LogP contribution < -0.4 is 22.6 Å². The lowest BCUT2D eigenvalue weighted by Crippen LogP contribution is -2.37. The summed E-state index contributed by atoms with van der Waals surface area (Å²) in [7, 11) is 0. The second-order valence-corrected chi connectivity index (χ2v) is 4.62. The molecular formula is C10H15N7O3. The van der Waals surface area contributed by atoms with Crippen LogP contribution in [0, 0.1) is 0 Å². The Labute approximate surface area is 112 Å². The summed E-state index contributed by atoms with van der Waals surface area (Å²) in [6, 6.07) is 0. The highest BCUT2D eigenvalue weighted by Crippen LogP contribution is 2.30. The van der Waals surface area contributed by atoms with Crippen molar-refractivity contribution in [2.24, 2.45) is 5.84 Å². The van der Waals surface area contributed by atoms with Crippen molar-refractivity contribution in [1.29, 1.82) is 0 Å². The van der Waals surface area contributed by atoms with Crippen molar-refractivity contribution in [2.75, 3.05) is 12.3 Å². The minimum atomic E-state index is -0.659. The van der Waals surface area contributed by atoms with Gasteiger partial charge in [0, 0.05) is 13.0 Å². The van der Waals surface area contributed by atoms with Crippen molar-refractivity contribution in [3.8, 4) is 0 Å². The van der Waals surface area contributed by atoms with Gasteiger partial charge in [-0.2, -0.15) is 4.98 Å². The molecule has 1 saturated heterocycles. The third-order valence-corrected chi connectivity index (χ3v) is 3.28. The Morgan fingerprint density at radius 2 is 2.45 bits per heavy atom. The molecule has 1 aliphatic rings. The van der Waals surface area contributed by atoms with Gasteiger partial charge < -0.3 is 15.6 Å². The molecule has 0 radical (unpaired) electrons. The van der Waals surface area contributed by atoms with E-state index in [0.717, 1.165) is 0 Å². The second kappa shape index (κ2) is 4.83. The highest BCUT2D eigenvalue weighted by Gasteiger charge is 2.35. The van der Waals surface area contributed by atoms with E-state index in [1.165, 1.54) is 6.33 Å². The number of fused-ring (bicyclic) bond motifs is 1. The molecule has 10 heteroatoms. The number of aromatic nitrogens is 4. The third kappa shape index (κ3) is 2.04. The van der Waals surface area contributed by atoms with E-state index in [-0.39, 0.29) is 11.5 Å². The van der Waals surface area contributed by atoms with Crippen LogP contribution in [0.5, 0.6) is 0 Å². The fourth-order valence-corrected chi connectivity index (χ4v) is 2.34. The number of nitrogens with one attached hydrogen (secondary N) is 2. The maximum Gasteiger partial charge on any atom is 0.280 e. The van der Waals surface area contributed by atoms with Gasteiger partial charge in [-0.3, -0.25) is 25.6 Å². The fourth-order valence-electron chi connectivity index (χ4n) is 2.34. The molecule has 20 heavy (non-hydrogen) atoms. The van der Waals surface area contributed by atoms with Crippen molar-refractivity contribution < 1.29 is 9.84 Å². The van der Waals surface area contributed by atoms with E-state index in [4.69, 9.17) is 16.3 Å². The molecule has 108 valence electrons. The average molecular weight is 281 g/mol. The standard InChI is InChI=1S/C10H15N7O3/c11-10-15-8-7(9(19)16-10)13-3-17(8)6-1-4(18)5(20-6)2-14-12/h3-6,14,18H,1-2,12H2,(H3,11,15,16,19)/t4-,5+,6+/m0/s1. The number of nitrogen functional groups attached to an aromatic ring is 1. The Bertz CT molecular complexity index is 681. The number of H-pyrrole nitrogens is 1. The fraction of sp³-hybridized carbons (Fsp3) is 0.500. The summed E-state index contributed by atoms with van der Waals surface area (Å²) in [4.78, 5) is 22.1. The van der Waals surface area contributed by atoms with E-state index < -0.39 is 24.0 Å². The van der Waals surface area contributed by atoms with Crippen molar-refractivity contribution in [1.82, 2.24) is 24.9 Å². The number of nitrogens with zero attached hydrogens (tertiary/aromatic N) is 3. The Hall–Kier alpha value is -2.01. The number of imidazole rings is 1. The summed E-state index contributed by atoms with van der Waals surface area (Å²) in [6.45, 7) is 0.320. The predicted octanol–water partition coefficient (Wildman–Crippen LogP) is -2.19. The number of anilines is 1. The molecule has 0 aromatic carbocycles. The highest BCUT2D eigenvalue weighted by molar-refractivity contribution is 5.70. The van der Waals surface area contributed by atoms with Gasteiger partial charge in [0.05, 0.1) is 18.5 Å². The number of aromatic amines is 1. The molecule has 0 unspecified atom stereocenters. The maximum absolute atomic E-state index is 11.7. The number of aliphatic hydroxyl groups excluding tert-OH is 1. The maximum atomic E-state index is 11.7. The zero-order chi connectivity index (χ0) is 14.3. The minimum absolute atomic E-state index is 0.00275. The van der Waals surface area contributed by atoms with Crippen molar-refractivity contribution >= 4 is 17.1 Å². The number of ether oxygens (including phenoxy) is 1. The van der Waals surface area contributed by atoms with Crippen molar-refractivity contribution in [3.63, 3.8) is 0 Å². The van der Waals surface area contributed by atoms with Gasteiger partial charge in [0.1, 0.15) is 6.23 Å². The van der Waals surface area contributed by atoms with E-state index in [1.54, 1.807) is 4.57 Å². The third-order valence-electron chi connectivity index (χ3n) is 3.28. The van der Waals surface area contributed by atoms with Gasteiger partial charge in [-0.05, 0) is 0 Å². The molecule has 7 N–H and O–H groups in total. The summed E-state index contributed by atoms with van der Waals surface area (Å²) in [5.41, 5.74) is 8.08. The van der Waals surface area contributed by atoms with Crippen LogP contribution >= 0.6 is 0 Å². The zero-order valence-electron chi connectivity index (χ0n) is 10.5. The molecule has 1 aliphatic heterocycles. The Balaban J connectivity index is 1.98. The first kappa shape index (κ1) is 13.0. The summed E-state index contributed by atoms with van der Waals surface area (Å²) < 4.78 is 7.27. The van der Waals surface area contributed by atoms with Gasteiger partial charge in [-0.25, -0.2) is 4.98 Å². The van der Waals surface area contributed by atoms with Crippen LogP contribution in [0.2, 0.25) is 0 Å². The molecule has 0 amide bonds. The summed E-state index contributed by atoms with van der Waals surface area (Å²) in [6.07, 6.45) is 0.241. The smallest absolute Gasteiger partial charge is 0.280 e. The first-order valence-electron chi connectivity index (χ1n) is 6.09. The highest BCUT2D eigenvalue weighted by atomic mass is 16.5. The van der Waals surface area contributed by atoms with Crippen LogP contribution in [0.3, 0.4) is 0 Å². The minimum Gasteiger partial charge on any atom is -0.390 e. The number of hydrazine groups is 1. The predicted molar refractivity (Wildman–Crippen MR) is 69.3 cm³/mol. The van der Waals surface area contributed by atoms with Crippen LogP contribution in [0.25, 0.3) is 11.2 Å². The normalized spacial score (nSPS) is 26.4. The van der Waals surface area contributed by atoms with E-state index in [2.05, 4.69) is 20.4 Å². The molecule has 10 nitrogen and oxygen atoms in total. The first-order valence-corrected chi connectivity index (χ1v) is 6.09. The molecule has 0 aliphatic carbocycles. The summed E-state index contributed by atoms with van der Waals surface area (Å²) in [5.74, 6) is 5.23. The van der Waals surface area contributed by atoms with Gasteiger partial charge in [-0.15, -0.1) is 0 Å². The molecule has 3 rings (SSSR count). The number of hydrogen-bond donors (Lipinski definition) is 5. The Kier molecular flexibility index (Phi) is 3.14. The van der Waals surface area contributed by atoms with Gasteiger partial charge in [0.2, 0.25) is 5.95 Å². The second-order valence-electron chi connectivity index (χ2n) is 4.62. The number of rotatable bonds is 3. The zero-order valence-corrected chi connectivity index (χ0v) is 10.5. The largest absolute Gasteiger partial charge is 0.390 e. The monoisotopic (exact) mass is 281 g/mol. The van der Waals surface area contributed by atoms with Gasteiger partial charge in [-0.1, -0.05) is 0 Å². The summed E-state index contributed by atoms with van der Waals surface area (Å²) >= 11 is 0. The van der Waals surface area contributed by atoms with Crippen LogP contribution in [-0.4, -0.2) is 43.4 Å². The lowest BCUT2D eigenvalue weighted by atomic mass is 10.2. The van der Waals surface area contributed by atoms with E-state index in [1.807, 2.05) is 0 Å². The average Bonchev–Trinajstić information content (AvgIpc) is 2.94. The molecule has 2 aromatic heterocycles. The van der Waals surface area contributed by atoms with Crippen LogP contribution in [0.15, 0.2) is 11.1 Å². The molecule has 0 saturated carbocycles. The van der Waals surface area contributed by atoms with Crippen molar-refractivity contribution in [3.05, 3.63) is 16.7 Å². The van der Waals surface area contributed by atoms with Gasteiger partial charge >= 0.3 is 0 Å². The lowest BCUT2D eigenvalue weighted by Gasteiger charge is -2.14. The van der Waals surface area contributed by atoms with E-state index in [0.29, 0.717) is 18.6 Å². The molecule has 3 heterocycles. The molecular weight excluding hydrogens is 266 g/mol. The lowest BCUT2D eigenvalue weighted by molar-refractivity contribution is -0.0156. The van der Waals surface area contributed by atoms with Crippen LogP contribution in [0.4, 0.5) is 5.95 Å². The molecule has 0 spiro atoms. The Morgan fingerprint density at radius 3 is 3.20 bits per heavy atom. The van der Waals surface area contributed by atoms with E-state index in [9.17, 15) is 9.90 Å². The van der Waals surface area contributed by atoms with Crippen LogP contribution in [-0.2, 0) is 4.74 Å². The number of nitrogens with two attached hydrogens (primary N) is 2. The number of hydrogen-bond acceptors (Lipinski definition) is 8. The molecule has 2 aromatic rings. The van der Waals surface area contributed by atoms with Crippen LogP contribution in [0.1, 0.15) is 12.6 Å². The molecule has 0 bridgehead atoms. The summed E-state index contributed by atoms with van der Waals surface area (Å²) in [5, 5.41) is 9.90. The Morgan fingerprint density at radius 1 is 1.65 bits per heavy atom. The van der Waals surface area contributed by atoms with Gasteiger partial charge in [0.25, 0.3) is 5.56 Å².